The van der Waals surface area contributed by atoms with Crippen LogP contribution in [0.25, 0.3) is 22.0 Å². The Bertz CT molecular complexity index is 2000. The fourth-order valence-corrected chi connectivity index (χ4v) is 6.63. The summed E-state index contributed by atoms with van der Waals surface area (Å²) < 4.78 is 63.0. The van der Waals surface area contributed by atoms with Gasteiger partial charge in [0.05, 0.1) is 16.3 Å². The number of para-hydroxylation sites is 1. The molecule has 0 unspecified atom stereocenters. The van der Waals surface area contributed by atoms with Crippen molar-refractivity contribution in [2.75, 3.05) is 10.6 Å². The number of benzene rings is 2. The van der Waals surface area contributed by atoms with Gasteiger partial charge in [-0.05, 0) is 31.7 Å². The second kappa shape index (κ2) is 10.5. The van der Waals surface area contributed by atoms with E-state index in [-0.39, 0.29) is 41.1 Å². The number of carbonyl (C=O) groups excluding carboxylic acids is 1. The molecule has 2 N–H and O–H groups in total. The van der Waals surface area contributed by atoms with Gasteiger partial charge < -0.3 is 15.1 Å². The van der Waals surface area contributed by atoms with Crippen molar-refractivity contribution in [3.05, 3.63) is 88.7 Å². The third kappa shape index (κ3) is 4.90. The number of nitrogens with one attached hydrogen (secondary N) is 2. The van der Waals surface area contributed by atoms with Gasteiger partial charge in [0.1, 0.15) is 27.8 Å². The Morgan fingerprint density at radius 2 is 1.74 bits per heavy atom. The molecule has 2 saturated carbocycles. The average molecular weight is 647 g/mol. The lowest BCUT2D eigenvalue weighted by molar-refractivity contribution is -0.160. The molecule has 2 aliphatic carbocycles. The second-order valence-corrected chi connectivity index (χ2v) is 12.3. The van der Waals surface area contributed by atoms with Crippen molar-refractivity contribution < 1.29 is 26.8 Å². The molecule has 10 nitrogen and oxygen atoms in total. The summed E-state index contributed by atoms with van der Waals surface area (Å²) >= 11 is 0.893. The summed E-state index contributed by atoms with van der Waals surface area (Å²) in [6, 6.07) is 13.1. The van der Waals surface area contributed by atoms with Crippen LogP contribution in [0.1, 0.15) is 53.6 Å². The molecule has 1 atom stereocenters. The average Bonchev–Trinajstić information content (AvgIpc) is 3.98. The molecule has 232 valence electrons. The lowest BCUT2D eigenvalue weighted by Crippen LogP contribution is -2.32. The van der Waals surface area contributed by atoms with Crippen molar-refractivity contribution in [2.24, 2.45) is 4.99 Å². The number of thiazole rings is 1. The maximum atomic E-state index is 14.8. The zero-order chi connectivity index (χ0) is 31.6. The number of aliphatic imine (C=N–C) groups is 1. The Labute approximate surface area is 262 Å². The molecule has 15 heteroatoms. The van der Waals surface area contributed by atoms with E-state index in [0.717, 1.165) is 24.2 Å². The first-order valence-corrected chi connectivity index (χ1v) is 15.3. The first-order chi connectivity index (χ1) is 22.2. The van der Waals surface area contributed by atoms with Gasteiger partial charge in [-0.2, -0.15) is 13.2 Å². The quantitative estimate of drug-likeness (QED) is 0.192. The van der Waals surface area contributed by atoms with E-state index in [9.17, 15) is 22.4 Å². The Hall–Kier alpha value is -5.05. The van der Waals surface area contributed by atoms with Crippen LogP contribution < -0.4 is 10.6 Å². The normalized spacial score (nSPS) is 18.7. The summed E-state index contributed by atoms with van der Waals surface area (Å²) in [6.07, 6.45) is -0.824. The summed E-state index contributed by atoms with van der Waals surface area (Å²) in [5.41, 5.74) is -0.194. The molecule has 1 amide bonds. The van der Waals surface area contributed by atoms with E-state index in [1.807, 2.05) is 6.07 Å². The van der Waals surface area contributed by atoms with Crippen molar-refractivity contribution in [3.8, 4) is 22.0 Å². The van der Waals surface area contributed by atoms with Crippen LogP contribution in [0.3, 0.4) is 0 Å². The van der Waals surface area contributed by atoms with E-state index in [1.165, 1.54) is 12.1 Å². The third-order valence-corrected chi connectivity index (χ3v) is 9.47. The van der Waals surface area contributed by atoms with Crippen molar-refractivity contribution >= 4 is 34.7 Å². The van der Waals surface area contributed by atoms with E-state index in [1.54, 1.807) is 42.7 Å². The zero-order valence-electron chi connectivity index (χ0n) is 23.7. The lowest BCUT2D eigenvalue weighted by atomic mass is 10.0. The van der Waals surface area contributed by atoms with Crippen LogP contribution >= 0.6 is 11.3 Å². The Morgan fingerprint density at radius 1 is 0.978 bits per heavy atom. The molecule has 0 spiro atoms. The maximum Gasteiger partial charge on any atom is 0.400 e. The molecular formula is C31H22F4N8O2S. The van der Waals surface area contributed by atoms with Gasteiger partial charge in [0.15, 0.2) is 0 Å². The topological polar surface area (TPSA) is 131 Å². The second-order valence-electron chi connectivity index (χ2n) is 11.3. The standard InChI is InChI=1S/C31H22F4N8O2S/c32-19-8-4-7-18-20(15-5-2-1-3-6-15)38-25(26(44)39-21(18)19)41-29-43-42-27(45-29)22-23(17-13-36-24(37-14-17)16-9-10-16)46-28(40-22)30(11-12-30)31(33,34)35/h1-8,13-14,16,25H,9-12H2,(H,39,44)(H,41,43)/t25-/m0/s1. The molecule has 0 bridgehead atoms. The number of carbonyl (C=O) groups is 1. The van der Waals surface area contributed by atoms with E-state index in [4.69, 9.17) is 4.42 Å². The van der Waals surface area contributed by atoms with E-state index in [2.05, 4.69) is 40.8 Å². The first kappa shape index (κ1) is 28.4. The number of aromatic nitrogens is 5. The van der Waals surface area contributed by atoms with E-state index < -0.39 is 29.5 Å². The van der Waals surface area contributed by atoms with Crippen molar-refractivity contribution in [2.45, 2.75) is 49.4 Å². The summed E-state index contributed by atoms with van der Waals surface area (Å²) in [5.74, 6) is -0.510. The Morgan fingerprint density at radius 3 is 2.43 bits per heavy atom. The van der Waals surface area contributed by atoms with Gasteiger partial charge in [-0.15, -0.1) is 16.4 Å². The highest BCUT2D eigenvalue weighted by atomic mass is 32.1. The van der Waals surface area contributed by atoms with Gasteiger partial charge in [0, 0.05) is 35.0 Å². The minimum absolute atomic E-state index is 0.0288. The molecule has 3 aromatic heterocycles. The molecule has 46 heavy (non-hydrogen) atoms. The summed E-state index contributed by atoms with van der Waals surface area (Å²) in [4.78, 5) is 31.4. The number of rotatable bonds is 7. The minimum Gasteiger partial charge on any atom is -0.402 e. The number of alkyl halides is 3. The van der Waals surface area contributed by atoms with Crippen LogP contribution in [0, 0.1) is 5.82 Å². The van der Waals surface area contributed by atoms with Crippen LogP contribution in [-0.4, -0.2) is 49.1 Å². The van der Waals surface area contributed by atoms with E-state index >= 15 is 0 Å². The zero-order valence-corrected chi connectivity index (χ0v) is 24.5. The highest BCUT2D eigenvalue weighted by Crippen LogP contribution is 2.61. The van der Waals surface area contributed by atoms with Gasteiger partial charge >= 0.3 is 12.2 Å². The molecule has 5 aromatic rings. The summed E-state index contributed by atoms with van der Waals surface area (Å²) in [6.45, 7) is 0. The first-order valence-electron chi connectivity index (χ1n) is 14.4. The van der Waals surface area contributed by atoms with Gasteiger partial charge in [-0.1, -0.05) is 47.6 Å². The minimum atomic E-state index is -4.48. The van der Waals surface area contributed by atoms with Crippen LogP contribution in [0.4, 0.5) is 29.3 Å². The molecule has 1 aliphatic heterocycles. The van der Waals surface area contributed by atoms with Crippen LogP contribution in [0.5, 0.6) is 0 Å². The van der Waals surface area contributed by atoms with Gasteiger partial charge in [0.2, 0.25) is 6.17 Å². The molecular weight excluding hydrogens is 624 g/mol. The van der Waals surface area contributed by atoms with E-state index in [0.29, 0.717) is 39.0 Å². The van der Waals surface area contributed by atoms with Crippen molar-refractivity contribution in [1.82, 2.24) is 25.1 Å². The summed E-state index contributed by atoms with van der Waals surface area (Å²) in [7, 11) is 0. The number of benzodiazepines with no additional fused rings is 1. The number of halogens is 4. The van der Waals surface area contributed by atoms with Crippen LogP contribution in [0.2, 0.25) is 0 Å². The molecule has 4 heterocycles. The largest absolute Gasteiger partial charge is 0.402 e. The Balaban J connectivity index is 1.15. The number of amides is 1. The highest BCUT2D eigenvalue weighted by Gasteiger charge is 2.66. The maximum absolute atomic E-state index is 14.8. The number of nitrogens with zero attached hydrogens (tertiary/aromatic N) is 6. The number of fused-ring (bicyclic) bond motifs is 1. The van der Waals surface area contributed by atoms with Gasteiger partial charge in [0.25, 0.3) is 11.8 Å². The molecule has 2 aromatic carbocycles. The number of hydrogen-bond donors (Lipinski definition) is 2. The SMILES string of the molecule is O=C1Nc2c(F)cccc2C(c2ccccc2)=N[C@H]1Nc1nnc(-c2nc(C3(C(F)(F)F)CC3)sc2-c2cnc(C3CC3)nc2)o1. The van der Waals surface area contributed by atoms with Gasteiger partial charge in [-0.25, -0.2) is 24.3 Å². The van der Waals surface area contributed by atoms with Crippen molar-refractivity contribution in [1.29, 1.82) is 0 Å². The molecule has 2 fully saturated rings. The predicted octanol–water partition coefficient (Wildman–Crippen LogP) is 6.49. The summed E-state index contributed by atoms with van der Waals surface area (Å²) in [5, 5.41) is 13.3. The van der Waals surface area contributed by atoms with Crippen molar-refractivity contribution in [3.63, 3.8) is 0 Å². The fraction of sp³-hybridized carbons (Fsp3) is 0.258. The van der Waals surface area contributed by atoms with Crippen LogP contribution in [-0.2, 0) is 10.2 Å². The van der Waals surface area contributed by atoms with Crippen LogP contribution in [0.15, 0.2) is 70.3 Å². The smallest absolute Gasteiger partial charge is 0.400 e. The predicted molar refractivity (Wildman–Crippen MR) is 160 cm³/mol. The number of anilines is 2. The highest BCUT2D eigenvalue weighted by molar-refractivity contribution is 7.15. The molecule has 8 rings (SSSR count). The van der Waals surface area contributed by atoms with Gasteiger partial charge in [-0.3, -0.25) is 4.79 Å². The molecule has 0 radical (unpaired) electrons. The lowest BCUT2D eigenvalue weighted by Gasteiger charge is -2.15. The monoisotopic (exact) mass is 646 g/mol. The molecule has 3 aliphatic rings. The third-order valence-electron chi connectivity index (χ3n) is 8.16. The Kier molecular flexibility index (Phi) is 6.49. The molecule has 0 saturated heterocycles. The number of hydrogen-bond acceptors (Lipinski definition) is 10. The fourth-order valence-electron chi connectivity index (χ4n) is 5.33.